The highest BCUT2D eigenvalue weighted by atomic mass is 16.5. The first-order chi connectivity index (χ1) is 12.7. The molecule has 0 aliphatic rings. The number of benzene rings is 1. The Bertz CT molecular complexity index is 858. The minimum atomic E-state index is -0.428. The zero-order chi connectivity index (χ0) is 18.4. The molecule has 0 aliphatic carbocycles. The van der Waals surface area contributed by atoms with Crippen LogP contribution >= 0.6 is 0 Å². The van der Waals surface area contributed by atoms with Gasteiger partial charge in [-0.05, 0) is 36.2 Å². The second kappa shape index (κ2) is 8.11. The molecule has 0 saturated carbocycles. The largest absolute Gasteiger partial charge is 0.497 e. The number of carbonyl (C=O) groups is 1. The summed E-state index contributed by atoms with van der Waals surface area (Å²) in [6, 6.07) is 9.10. The summed E-state index contributed by atoms with van der Waals surface area (Å²) < 4.78 is 15.9. The maximum Gasteiger partial charge on any atom is 0.308 e. The van der Waals surface area contributed by atoms with Crippen LogP contribution in [0.15, 0.2) is 47.1 Å². The monoisotopic (exact) mass is 354 g/mol. The van der Waals surface area contributed by atoms with Crippen LogP contribution in [0.3, 0.4) is 0 Å². The maximum atomic E-state index is 12.2. The summed E-state index contributed by atoms with van der Waals surface area (Å²) in [4.78, 5) is 16.1. The van der Waals surface area contributed by atoms with Gasteiger partial charge in [-0.2, -0.15) is 0 Å². The zero-order valence-corrected chi connectivity index (χ0v) is 14.4. The highest BCUT2D eigenvalue weighted by Gasteiger charge is 2.15. The fraction of sp³-hybridized carbons (Fsp3) is 0.222. The maximum absolute atomic E-state index is 12.2. The first-order valence-electron chi connectivity index (χ1n) is 7.93. The van der Waals surface area contributed by atoms with Gasteiger partial charge in [0, 0.05) is 25.0 Å². The Balaban J connectivity index is 1.59. The van der Waals surface area contributed by atoms with Crippen LogP contribution in [0.1, 0.15) is 16.2 Å². The molecule has 0 bridgehead atoms. The molecule has 2 aromatic heterocycles. The quantitative estimate of drug-likeness (QED) is 0.694. The van der Waals surface area contributed by atoms with Crippen molar-refractivity contribution in [1.82, 2.24) is 20.5 Å². The molecule has 8 heteroatoms. The van der Waals surface area contributed by atoms with Crippen LogP contribution in [-0.2, 0) is 6.42 Å². The Morgan fingerprint density at radius 3 is 2.58 bits per heavy atom. The average Bonchev–Trinajstić information content (AvgIpc) is 3.18. The third kappa shape index (κ3) is 4.15. The molecule has 2 heterocycles. The van der Waals surface area contributed by atoms with Crippen LogP contribution < -0.4 is 14.8 Å². The number of pyridine rings is 1. The fourth-order valence-electron chi connectivity index (χ4n) is 2.33. The highest BCUT2D eigenvalue weighted by Crippen LogP contribution is 2.22. The van der Waals surface area contributed by atoms with Gasteiger partial charge in [-0.25, -0.2) is 0 Å². The van der Waals surface area contributed by atoms with E-state index < -0.39 is 5.91 Å². The van der Waals surface area contributed by atoms with Crippen molar-refractivity contribution in [1.29, 1.82) is 0 Å². The van der Waals surface area contributed by atoms with Crippen molar-refractivity contribution in [3.63, 3.8) is 0 Å². The third-order valence-electron chi connectivity index (χ3n) is 3.64. The second-order valence-corrected chi connectivity index (χ2v) is 5.38. The van der Waals surface area contributed by atoms with Crippen molar-refractivity contribution in [3.05, 3.63) is 54.2 Å². The van der Waals surface area contributed by atoms with E-state index in [2.05, 4.69) is 20.5 Å². The van der Waals surface area contributed by atoms with Crippen molar-refractivity contribution in [3.8, 4) is 23.0 Å². The van der Waals surface area contributed by atoms with Gasteiger partial charge in [0.2, 0.25) is 5.89 Å². The van der Waals surface area contributed by atoms with Crippen LogP contribution in [-0.4, -0.2) is 41.9 Å². The molecule has 0 spiro atoms. The van der Waals surface area contributed by atoms with E-state index in [1.165, 1.54) is 0 Å². The van der Waals surface area contributed by atoms with E-state index in [0.29, 0.717) is 30.0 Å². The summed E-state index contributed by atoms with van der Waals surface area (Å²) in [5.74, 6) is 1.13. The summed E-state index contributed by atoms with van der Waals surface area (Å²) in [7, 11) is 3.19. The molecule has 8 nitrogen and oxygen atoms in total. The van der Waals surface area contributed by atoms with Crippen molar-refractivity contribution in [2.75, 3.05) is 20.8 Å². The van der Waals surface area contributed by atoms with Crippen molar-refractivity contribution in [2.24, 2.45) is 0 Å². The summed E-state index contributed by atoms with van der Waals surface area (Å²) in [6.07, 6.45) is 3.83. The SMILES string of the molecule is COc1cc(CCNC(=O)c2nnc(-c3cccnc3)o2)cc(OC)c1. The summed E-state index contributed by atoms with van der Waals surface area (Å²) >= 11 is 0. The number of aromatic nitrogens is 3. The van der Waals surface area contributed by atoms with E-state index >= 15 is 0 Å². The number of ether oxygens (including phenoxy) is 2. The Morgan fingerprint density at radius 1 is 1.15 bits per heavy atom. The minimum absolute atomic E-state index is 0.0907. The summed E-state index contributed by atoms with van der Waals surface area (Å²) in [5.41, 5.74) is 1.63. The fourth-order valence-corrected chi connectivity index (χ4v) is 2.33. The number of nitrogens with zero attached hydrogens (tertiary/aromatic N) is 3. The zero-order valence-electron chi connectivity index (χ0n) is 14.4. The normalized spacial score (nSPS) is 10.4. The van der Waals surface area contributed by atoms with Gasteiger partial charge in [0.15, 0.2) is 0 Å². The van der Waals surface area contributed by atoms with E-state index in [1.807, 2.05) is 12.1 Å². The number of nitrogens with one attached hydrogen (secondary N) is 1. The van der Waals surface area contributed by atoms with Crippen LogP contribution in [0.4, 0.5) is 0 Å². The Hall–Kier alpha value is -3.42. The van der Waals surface area contributed by atoms with E-state index in [9.17, 15) is 4.79 Å². The standard InChI is InChI=1S/C18H18N4O4/c1-24-14-8-12(9-15(10-14)25-2)5-7-20-16(23)18-22-21-17(26-18)13-4-3-6-19-11-13/h3-4,6,8-11H,5,7H2,1-2H3,(H,20,23). The van der Waals surface area contributed by atoms with Crippen molar-refractivity contribution < 1.29 is 18.7 Å². The number of hydrogen-bond donors (Lipinski definition) is 1. The number of amides is 1. The lowest BCUT2D eigenvalue weighted by molar-refractivity contribution is 0.0920. The molecule has 0 fully saturated rings. The summed E-state index contributed by atoms with van der Waals surface area (Å²) in [6.45, 7) is 0.403. The Morgan fingerprint density at radius 2 is 1.92 bits per heavy atom. The lowest BCUT2D eigenvalue weighted by atomic mass is 10.1. The Kier molecular flexibility index (Phi) is 5.43. The third-order valence-corrected chi connectivity index (χ3v) is 3.64. The van der Waals surface area contributed by atoms with Gasteiger partial charge in [-0.15, -0.1) is 10.2 Å². The highest BCUT2D eigenvalue weighted by molar-refractivity contribution is 5.89. The molecular weight excluding hydrogens is 336 g/mol. The van der Waals surface area contributed by atoms with Gasteiger partial charge in [-0.1, -0.05) is 0 Å². The van der Waals surface area contributed by atoms with Crippen LogP contribution in [0.2, 0.25) is 0 Å². The number of carbonyl (C=O) groups excluding carboxylic acids is 1. The molecule has 0 atom stereocenters. The molecule has 26 heavy (non-hydrogen) atoms. The van der Waals surface area contributed by atoms with Crippen LogP contribution in [0.5, 0.6) is 11.5 Å². The smallest absolute Gasteiger partial charge is 0.308 e. The lowest BCUT2D eigenvalue weighted by Gasteiger charge is -2.08. The van der Waals surface area contributed by atoms with Crippen molar-refractivity contribution >= 4 is 5.91 Å². The van der Waals surface area contributed by atoms with E-state index in [0.717, 1.165) is 5.56 Å². The molecular formula is C18H18N4O4. The molecule has 0 saturated heterocycles. The average molecular weight is 354 g/mol. The first-order valence-corrected chi connectivity index (χ1v) is 7.93. The van der Waals surface area contributed by atoms with Gasteiger partial charge in [0.1, 0.15) is 11.5 Å². The lowest BCUT2D eigenvalue weighted by Crippen LogP contribution is -2.26. The Labute approximate surface area is 150 Å². The topological polar surface area (TPSA) is 99.4 Å². The molecule has 134 valence electrons. The van der Waals surface area contributed by atoms with Crippen LogP contribution in [0, 0.1) is 0 Å². The molecule has 0 radical (unpaired) electrons. The van der Waals surface area contributed by atoms with E-state index in [-0.39, 0.29) is 11.8 Å². The van der Waals surface area contributed by atoms with Gasteiger partial charge >= 0.3 is 11.8 Å². The molecule has 0 aliphatic heterocycles. The number of hydrogen-bond acceptors (Lipinski definition) is 7. The molecule has 1 amide bonds. The number of methoxy groups -OCH3 is 2. The minimum Gasteiger partial charge on any atom is -0.497 e. The molecule has 1 N–H and O–H groups in total. The van der Waals surface area contributed by atoms with E-state index in [4.69, 9.17) is 13.9 Å². The molecule has 1 aromatic carbocycles. The molecule has 3 aromatic rings. The number of rotatable bonds is 7. The second-order valence-electron chi connectivity index (χ2n) is 5.38. The van der Waals surface area contributed by atoms with Crippen molar-refractivity contribution in [2.45, 2.75) is 6.42 Å². The van der Waals surface area contributed by atoms with Crippen LogP contribution in [0.25, 0.3) is 11.5 Å². The first kappa shape index (κ1) is 17.4. The molecule has 3 rings (SSSR count). The predicted octanol–water partition coefficient (Wildman–Crippen LogP) is 2.12. The van der Waals surface area contributed by atoms with Gasteiger partial charge in [0.05, 0.1) is 19.8 Å². The predicted molar refractivity (Wildman–Crippen MR) is 93.1 cm³/mol. The van der Waals surface area contributed by atoms with Gasteiger partial charge < -0.3 is 19.2 Å². The van der Waals surface area contributed by atoms with Gasteiger partial charge in [-0.3, -0.25) is 9.78 Å². The molecule has 0 unspecified atom stereocenters. The summed E-state index contributed by atoms with van der Waals surface area (Å²) in [5, 5.41) is 10.4. The van der Waals surface area contributed by atoms with E-state index in [1.54, 1.807) is 44.8 Å². The van der Waals surface area contributed by atoms with Gasteiger partial charge in [0.25, 0.3) is 0 Å².